The number of aromatic nitrogens is 1. The van der Waals surface area contributed by atoms with Gasteiger partial charge in [0.2, 0.25) is 0 Å². The maximum Gasteiger partial charge on any atom is 0.0959 e. The zero-order chi connectivity index (χ0) is 8.10. The van der Waals surface area contributed by atoms with E-state index in [-0.39, 0.29) is 6.10 Å². The van der Waals surface area contributed by atoms with Crippen LogP contribution in [0.3, 0.4) is 0 Å². The van der Waals surface area contributed by atoms with Crippen LogP contribution in [0.4, 0.5) is 0 Å². The first-order chi connectivity index (χ1) is 5.38. The van der Waals surface area contributed by atoms with Crippen molar-refractivity contribution >= 4 is 0 Å². The van der Waals surface area contributed by atoms with Crippen molar-refractivity contribution in [3.63, 3.8) is 0 Å². The van der Waals surface area contributed by atoms with Gasteiger partial charge in [0, 0.05) is 26.0 Å². The topological polar surface area (TPSA) is 37.0 Å². The van der Waals surface area contributed by atoms with Gasteiger partial charge in [0.1, 0.15) is 0 Å². The molecule has 62 valence electrons. The van der Waals surface area contributed by atoms with Gasteiger partial charge in [0.05, 0.1) is 6.10 Å². The molecule has 0 aromatic carbocycles. The molecule has 11 heavy (non-hydrogen) atoms. The highest BCUT2D eigenvalue weighted by Gasteiger charge is 2.07. The van der Waals surface area contributed by atoms with Crippen LogP contribution in [0, 0.1) is 0 Å². The maximum atomic E-state index is 5.25. The lowest BCUT2D eigenvalue weighted by Crippen LogP contribution is -2.18. The van der Waals surface area contributed by atoms with Gasteiger partial charge in [-0.3, -0.25) is 0 Å². The van der Waals surface area contributed by atoms with E-state index in [1.807, 2.05) is 25.5 Å². The molecule has 3 nitrogen and oxygen atoms in total. The van der Waals surface area contributed by atoms with Crippen LogP contribution >= 0.6 is 0 Å². The normalized spacial score (nSPS) is 13.3. The summed E-state index contributed by atoms with van der Waals surface area (Å²) >= 11 is 0. The Hall–Kier alpha value is -0.800. The predicted molar refractivity (Wildman–Crippen MR) is 44.5 cm³/mol. The zero-order valence-electron chi connectivity index (χ0n) is 6.92. The second kappa shape index (κ2) is 4.16. The third kappa shape index (κ3) is 2.06. The summed E-state index contributed by atoms with van der Waals surface area (Å²) in [5.74, 6) is 0. The monoisotopic (exact) mass is 154 g/mol. The van der Waals surface area contributed by atoms with Crippen molar-refractivity contribution in [2.45, 2.75) is 6.10 Å². The molecule has 1 heterocycles. The second-order valence-corrected chi connectivity index (χ2v) is 2.43. The average Bonchev–Trinajstić information content (AvgIpc) is 2.52. The number of rotatable bonds is 4. The van der Waals surface area contributed by atoms with E-state index in [2.05, 4.69) is 10.3 Å². The number of methoxy groups -OCH3 is 1. The van der Waals surface area contributed by atoms with E-state index in [9.17, 15) is 0 Å². The summed E-state index contributed by atoms with van der Waals surface area (Å²) in [6, 6.07) is 2.02. The Bertz CT molecular complexity index is 184. The molecule has 1 aromatic rings. The molecule has 2 N–H and O–H groups in total. The number of hydrogen-bond acceptors (Lipinski definition) is 2. The van der Waals surface area contributed by atoms with Crippen LogP contribution in [-0.4, -0.2) is 25.7 Å². The van der Waals surface area contributed by atoms with Crippen LogP contribution in [0.15, 0.2) is 18.5 Å². The van der Waals surface area contributed by atoms with Crippen LogP contribution in [0.25, 0.3) is 0 Å². The van der Waals surface area contributed by atoms with Crippen molar-refractivity contribution in [3.8, 4) is 0 Å². The Balaban J connectivity index is 2.56. The molecule has 0 spiro atoms. The molecule has 0 aliphatic rings. The fourth-order valence-electron chi connectivity index (χ4n) is 1.06. The summed E-state index contributed by atoms with van der Waals surface area (Å²) in [5.41, 5.74) is 1.18. The highest BCUT2D eigenvalue weighted by molar-refractivity contribution is 5.12. The van der Waals surface area contributed by atoms with Crippen LogP contribution in [0.5, 0.6) is 0 Å². The molecule has 0 saturated carbocycles. The molecule has 0 aliphatic carbocycles. The number of ether oxygens (including phenoxy) is 1. The van der Waals surface area contributed by atoms with E-state index in [0.717, 1.165) is 6.54 Å². The van der Waals surface area contributed by atoms with Gasteiger partial charge in [-0.25, -0.2) is 0 Å². The van der Waals surface area contributed by atoms with E-state index in [4.69, 9.17) is 4.74 Å². The number of H-pyrrole nitrogens is 1. The van der Waals surface area contributed by atoms with Crippen molar-refractivity contribution < 1.29 is 4.74 Å². The minimum Gasteiger partial charge on any atom is -0.375 e. The fourth-order valence-corrected chi connectivity index (χ4v) is 1.06. The first-order valence-electron chi connectivity index (χ1n) is 3.68. The predicted octanol–water partition coefficient (Wildman–Crippen LogP) is 0.922. The molecule has 0 saturated heterocycles. The van der Waals surface area contributed by atoms with Crippen LogP contribution in [-0.2, 0) is 4.74 Å². The Morgan fingerprint density at radius 1 is 1.73 bits per heavy atom. The van der Waals surface area contributed by atoms with Gasteiger partial charge in [-0.2, -0.15) is 0 Å². The quantitative estimate of drug-likeness (QED) is 0.676. The Labute approximate surface area is 66.8 Å². The van der Waals surface area contributed by atoms with Crippen molar-refractivity contribution in [2.24, 2.45) is 0 Å². The summed E-state index contributed by atoms with van der Waals surface area (Å²) in [5, 5.41) is 3.07. The van der Waals surface area contributed by atoms with Crippen molar-refractivity contribution in [3.05, 3.63) is 24.0 Å². The van der Waals surface area contributed by atoms with Gasteiger partial charge < -0.3 is 15.0 Å². The Morgan fingerprint density at radius 2 is 2.55 bits per heavy atom. The molecule has 0 fully saturated rings. The Morgan fingerprint density at radius 3 is 3.00 bits per heavy atom. The number of likely N-dealkylation sites (N-methyl/N-ethyl adjacent to an activating group) is 1. The molecule has 1 aromatic heterocycles. The average molecular weight is 154 g/mol. The second-order valence-electron chi connectivity index (χ2n) is 2.43. The summed E-state index contributed by atoms with van der Waals surface area (Å²) in [6.45, 7) is 0.842. The first kappa shape index (κ1) is 8.30. The largest absolute Gasteiger partial charge is 0.375 e. The highest BCUT2D eigenvalue weighted by atomic mass is 16.5. The van der Waals surface area contributed by atoms with Gasteiger partial charge in [0.25, 0.3) is 0 Å². The highest BCUT2D eigenvalue weighted by Crippen LogP contribution is 2.13. The lowest BCUT2D eigenvalue weighted by atomic mass is 10.2. The minimum absolute atomic E-state index is 0.159. The molecule has 0 radical (unpaired) electrons. The maximum absolute atomic E-state index is 5.25. The lowest BCUT2D eigenvalue weighted by molar-refractivity contribution is 0.104. The fraction of sp³-hybridized carbons (Fsp3) is 0.500. The van der Waals surface area contributed by atoms with Gasteiger partial charge in [-0.05, 0) is 18.7 Å². The SMILES string of the molecule is CNCC(OC)c1cc[nH]c1. The van der Waals surface area contributed by atoms with Gasteiger partial charge in [-0.15, -0.1) is 0 Å². The summed E-state index contributed by atoms with van der Waals surface area (Å²) in [4.78, 5) is 3.00. The molecule has 1 rings (SSSR count). The molecular formula is C8H14N2O. The molecule has 1 atom stereocenters. The van der Waals surface area contributed by atoms with Crippen molar-refractivity contribution in [2.75, 3.05) is 20.7 Å². The van der Waals surface area contributed by atoms with Crippen molar-refractivity contribution in [1.29, 1.82) is 0 Å². The molecule has 0 amide bonds. The first-order valence-corrected chi connectivity index (χ1v) is 3.68. The minimum atomic E-state index is 0.159. The van der Waals surface area contributed by atoms with E-state index >= 15 is 0 Å². The van der Waals surface area contributed by atoms with Gasteiger partial charge in [0.15, 0.2) is 0 Å². The van der Waals surface area contributed by atoms with Crippen molar-refractivity contribution in [1.82, 2.24) is 10.3 Å². The third-order valence-electron chi connectivity index (χ3n) is 1.67. The number of aromatic amines is 1. The Kier molecular flexibility index (Phi) is 3.14. The van der Waals surface area contributed by atoms with Gasteiger partial charge >= 0.3 is 0 Å². The standard InChI is InChI=1S/C8H14N2O/c1-9-6-8(11-2)7-3-4-10-5-7/h3-5,8-10H,6H2,1-2H3. The zero-order valence-corrected chi connectivity index (χ0v) is 6.92. The molecule has 0 aliphatic heterocycles. The smallest absolute Gasteiger partial charge is 0.0959 e. The molecule has 3 heteroatoms. The van der Waals surface area contributed by atoms with Crippen LogP contribution < -0.4 is 5.32 Å². The summed E-state index contributed by atoms with van der Waals surface area (Å²) in [7, 11) is 3.63. The van der Waals surface area contributed by atoms with Crippen LogP contribution in [0.1, 0.15) is 11.7 Å². The van der Waals surface area contributed by atoms with E-state index in [1.54, 1.807) is 7.11 Å². The molecule has 1 unspecified atom stereocenters. The molecule has 0 bridgehead atoms. The number of hydrogen-bond donors (Lipinski definition) is 2. The van der Waals surface area contributed by atoms with Gasteiger partial charge in [-0.1, -0.05) is 0 Å². The van der Waals surface area contributed by atoms with Crippen LogP contribution in [0.2, 0.25) is 0 Å². The van der Waals surface area contributed by atoms with E-state index in [0.29, 0.717) is 0 Å². The van der Waals surface area contributed by atoms with E-state index in [1.165, 1.54) is 5.56 Å². The summed E-state index contributed by atoms with van der Waals surface area (Å²) < 4.78 is 5.25. The van der Waals surface area contributed by atoms with E-state index < -0.39 is 0 Å². The summed E-state index contributed by atoms with van der Waals surface area (Å²) in [6.07, 6.45) is 4.01. The number of nitrogens with one attached hydrogen (secondary N) is 2. The lowest BCUT2D eigenvalue weighted by Gasteiger charge is -2.12. The molecular weight excluding hydrogens is 140 g/mol. The third-order valence-corrected chi connectivity index (χ3v) is 1.67.